The van der Waals surface area contributed by atoms with Crippen molar-refractivity contribution in [2.24, 2.45) is 5.92 Å². The zero-order valence-corrected chi connectivity index (χ0v) is 14.4. The van der Waals surface area contributed by atoms with E-state index in [1.54, 1.807) is 0 Å². The molecule has 1 aliphatic heterocycles. The van der Waals surface area contributed by atoms with Crippen LogP contribution in [0, 0.1) is 12.8 Å². The summed E-state index contributed by atoms with van der Waals surface area (Å²) in [5, 5.41) is 8.99. The molecule has 0 aromatic carbocycles. The predicted octanol–water partition coefficient (Wildman–Crippen LogP) is 3.20. The largest absolute Gasteiger partial charge is 0.376 e. The molecule has 0 radical (unpaired) electrons. The molecule has 2 heterocycles. The van der Waals surface area contributed by atoms with Crippen LogP contribution in [0.3, 0.4) is 0 Å². The Hall–Kier alpha value is -0.580. The van der Waals surface area contributed by atoms with E-state index in [0.717, 1.165) is 55.4 Å². The van der Waals surface area contributed by atoms with Gasteiger partial charge in [-0.1, -0.05) is 25.4 Å². The summed E-state index contributed by atoms with van der Waals surface area (Å²) in [4.78, 5) is 0. The van der Waals surface area contributed by atoms with Crippen LogP contribution in [-0.2, 0) is 17.7 Å². The van der Waals surface area contributed by atoms with Crippen LogP contribution in [0.4, 0.5) is 0 Å². The fraction of sp³-hybridized carbons (Fsp3) is 0.812. The normalized spacial score (nSPS) is 23.7. The summed E-state index contributed by atoms with van der Waals surface area (Å²) in [7, 11) is 0. The van der Waals surface area contributed by atoms with Gasteiger partial charge in [0.15, 0.2) is 0 Å². The Morgan fingerprint density at radius 3 is 2.81 bits per heavy atom. The monoisotopic (exact) mass is 313 g/mol. The van der Waals surface area contributed by atoms with E-state index >= 15 is 0 Å². The third-order valence-corrected chi connectivity index (χ3v) is 4.86. The van der Waals surface area contributed by atoms with Gasteiger partial charge in [0.2, 0.25) is 0 Å². The highest BCUT2D eigenvalue weighted by Gasteiger charge is 2.33. The number of hydrogen-bond donors (Lipinski definition) is 1. The van der Waals surface area contributed by atoms with Crippen LogP contribution < -0.4 is 5.32 Å². The minimum atomic E-state index is 0.271. The first-order chi connectivity index (χ1) is 10.1. The fourth-order valence-corrected chi connectivity index (χ4v) is 3.35. The molecule has 1 N–H and O–H groups in total. The number of hydrogen-bond acceptors (Lipinski definition) is 3. The molecule has 1 fully saturated rings. The van der Waals surface area contributed by atoms with E-state index in [1.807, 2.05) is 11.6 Å². The van der Waals surface area contributed by atoms with Gasteiger partial charge < -0.3 is 10.1 Å². The second-order valence-corrected chi connectivity index (χ2v) is 6.41. The molecule has 0 amide bonds. The zero-order chi connectivity index (χ0) is 15.4. The molecule has 3 atom stereocenters. The standard InChI is InChI=1S/C16H28ClN3O/c1-5-8-18-13(16-11(3)7-9-21-16)10-14-15(17)12(4)19-20(14)6-2/h11,13,16,18H,5-10H2,1-4H3. The first-order valence-corrected chi connectivity index (χ1v) is 8.53. The van der Waals surface area contributed by atoms with Crippen LogP contribution in [0.1, 0.15) is 45.0 Å². The smallest absolute Gasteiger partial charge is 0.0847 e. The van der Waals surface area contributed by atoms with Crippen molar-refractivity contribution in [1.29, 1.82) is 0 Å². The Balaban J connectivity index is 2.18. The topological polar surface area (TPSA) is 39.1 Å². The highest BCUT2D eigenvalue weighted by Crippen LogP contribution is 2.28. The molecule has 0 bridgehead atoms. The number of rotatable bonds is 7. The van der Waals surface area contributed by atoms with Crippen molar-refractivity contribution >= 4 is 11.6 Å². The fourth-order valence-electron chi connectivity index (χ4n) is 3.14. The van der Waals surface area contributed by atoms with Crippen LogP contribution in [0.5, 0.6) is 0 Å². The van der Waals surface area contributed by atoms with Gasteiger partial charge >= 0.3 is 0 Å². The van der Waals surface area contributed by atoms with Crippen LogP contribution >= 0.6 is 11.6 Å². The summed E-state index contributed by atoms with van der Waals surface area (Å²) in [5.41, 5.74) is 2.05. The lowest BCUT2D eigenvalue weighted by molar-refractivity contribution is 0.0604. The quantitative estimate of drug-likeness (QED) is 0.840. The predicted molar refractivity (Wildman–Crippen MR) is 87.0 cm³/mol. The number of halogens is 1. The molecule has 21 heavy (non-hydrogen) atoms. The van der Waals surface area contributed by atoms with Gasteiger partial charge in [0, 0.05) is 25.6 Å². The molecule has 1 aromatic heterocycles. The second-order valence-electron chi connectivity index (χ2n) is 6.03. The number of ether oxygens (including phenoxy) is 1. The van der Waals surface area contributed by atoms with Crippen molar-refractivity contribution in [2.75, 3.05) is 13.2 Å². The SMILES string of the molecule is CCCNC(Cc1c(Cl)c(C)nn1CC)C1OCCC1C. The Morgan fingerprint density at radius 2 is 2.24 bits per heavy atom. The number of aromatic nitrogens is 2. The lowest BCUT2D eigenvalue weighted by atomic mass is 9.94. The maximum atomic E-state index is 6.46. The molecular formula is C16H28ClN3O. The minimum absolute atomic E-state index is 0.271. The van der Waals surface area contributed by atoms with E-state index in [-0.39, 0.29) is 6.10 Å². The van der Waals surface area contributed by atoms with Gasteiger partial charge in [0.05, 0.1) is 22.5 Å². The van der Waals surface area contributed by atoms with Crippen molar-refractivity contribution in [1.82, 2.24) is 15.1 Å². The molecule has 0 aliphatic carbocycles. The Bertz CT molecular complexity index is 461. The highest BCUT2D eigenvalue weighted by atomic mass is 35.5. The molecule has 4 nitrogen and oxygen atoms in total. The number of nitrogens with zero attached hydrogens (tertiary/aromatic N) is 2. The van der Waals surface area contributed by atoms with E-state index < -0.39 is 0 Å². The summed E-state index contributed by atoms with van der Waals surface area (Å²) in [6.07, 6.45) is 3.42. The molecule has 2 rings (SSSR count). The van der Waals surface area contributed by atoms with Gasteiger partial charge in [-0.2, -0.15) is 5.10 Å². The molecule has 0 spiro atoms. The van der Waals surface area contributed by atoms with Crippen LogP contribution in [-0.4, -0.2) is 35.1 Å². The van der Waals surface area contributed by atoms with Crippen LogP contribution in [0.25, 0.3) is 0 Å². The molecule has 1 saturated heterocycles. The van der Waals surface area contributed by atoms with Gasteiger partial charge in [-0.3, -0.25) is 4.68 Å². The van der Waals surface area contributed by atoms with E-state index in [1.165, 1.54) is 0 Å². The van der Waals surface area contributed by atoms with E-state index in [4.69, 9.17) is 16.3 Å². The van der Waals surface area contributed by atoms with Gasteiger partial charge in [0.25, 0.3) is 0 Å². The van der Waals surface area contributed by atoms with Crippen molar-refractivity contribution in [3.63, 3.8) is 0 Å². The van der Waals surface area contributed by atoms with Crippen molar-refractivity contribution in [3.05, 3.63) is 16.4 Å². The third kappa shape index (κ3) is 3.79. The van der Waals surface area contributed by atoms with Crippen molar-refractivity contribution in [3.8, 4) is 0 Å². The van der Waals surface area contributed by atoms with Gasteiger partial charge in [-0.15, -0.1) is 0 Å². The summed E-state index contributed by atoms with van der Waals surface area (Å²) >= 11 is 6.46. The molecule has 120 valence electrons. The summed E-state index contributed by atoms with van der Waals surface area (Å²) in [5.74, 6) is 0.595. The van der Waals surface area contributed by atoms with Gasteiger partial charge in [-0.05, 0) is 39.2 Å². The highest BCUT2D eigenvalue weighted by molar-refractivity contribution is 6.31. The Kier molecular flexibility index (Phi) is 6.08. The summed E-state index contributed by atoms with van der Waals surface area (Å²) < 4.78 is 8.01. The Morgan fingerprint density at radius 1 is 1.48 bits per heavy atom. The van der Waals surface area contributed by atoms with E-state index in [9.17, 15) is 0 Å². The van der Waals surface area contributed by atoms with Crippen molar-refractivity contribution in [2.45, 2.75) is 65.6 Å². The first-order valence-electron chi connectivity index (χ1n) is 8.15. The molecule has 1 aromatic rings. The van der Waals surface area contributed by atoms with Crippen molar-refractivity contribution < 1.29 is 4.74 Å². The number of aryl methyl sites for hydroxylation is 2. The zero-order valence-electron chi connectivity index (χ0n) is 13.7. The molecule has 1 aliphatic rings. The second kappa shape index (κ2) is 7.61. The lowest BCUT2D eigenvalue weighted by Gasteiger charge is -2.27. The van der Waals surface area contributed by atoms with Gasteiger partial charge in [-0.25, -0.2) is 0 Å². The molecule has 0 saturated carbocycles. The maximum absolute atomic E-state index is 6.46. The van der Waals surface area contributed by atoms with Gasteiger partial charge in [0.1, 0.15) is 0 Å². The maximum Gasteiger partial charge on any atom is 0.0847 e. The Labute approximate surface area is 133 Å². The lowest BCUT2D eigenvalue weighted by Crippen LogP contribution is -2.44. The summed E-state index contributed by atoms with van der Waals surface area (Å²) in [6, 6.07) is 0.307. The molecule has 5 heteroatoms. The third-order valence-electron chi connectivity index (χ3n) is 4.36. The van der Waals surface area contributed by atoms with Crippen LogP contribution in [0.2, 0.25) is 5.02 Å². The number of nitrogens with one attached hydrogen (secondary N) is 1. The van der Waals surface area contributed by atoms with E-state index in [2.05, 4.69) is 31.2 Å². The summed E-state index contributed by atoms with van der Waals surface area (Å²) in [6.45, 7) is 11.3. The molecular weight excluding hydrogens is 286 g/mol. The minimum Gasteiger partial charge on any atom is -0.376 e. The van der Waals surface area contributed by atoms with Crippen LogP contribution in [0.15, 0.2) is 0 Å². The van der Waals surface area contributed by atoms with E-state index in [0.29, 0.717) is 12.0 Å². The average molecular weight is 314 g/mol. The molecule has 3 unspecified atom stereocenters. The average Bonchev–Trinajstić information content (AvgIpc) is 3.01. The first kappa shape index (κ1) is 16.8.